The summed E-state index contributed by atoms with van der Waals surface area (Å²) in [7, 11) is 0. The number of rotatable bonds is 4. The molecular formula is C19H32N2O. The van der Waals surface area contributed by atoms with Crippen LogP contribution < -0.4 is 0 Å². The van der Waals surface area contributed by atoms with Crippen LogP contribution in [0.1, 0.15) is 53.4 Å². The summed E-state index contributed by atoms with van der Waals surface area (Å²) in [6.07, 6.45) is 9.18. The molecule has 1 fully saturated rings. The average molecular weight is 304 g/mol. The summed E-state index contributed by atoms with van der Waals surface area (Å²) >= 11 is 0. The molecule has 1 aliphatic carbocycles. The Labute approximate surface area is 136 Å². The van der Waals surface area contributed by atoms with Crippen LogP contribution >= 0.6 is 0 Å². The van der Waals surface area contributed by atoms with Crippen LogP contribution in [-0.2, 0) is 4.79 Å². The summed E-state index contributed by atoms with van der Waals surface area (Å²) in [6.45, 7) is 13.7. The van der Waals surface area contributed by atoms with Gasteiger partial charge in [0.2, 0.25) is 5.91 Å². The largest absolute Gasteiger partial charge is 0.340 e. The van der Waals surface area contributed by atoms with E-state index in [0.29, 0.717) is 17.7 Å². The fourth-order valence-electron chi connectivity index (χ4n) is 3.73. The van der Waals surface area contributed by atoms with E-state index in [1.165, 1.54) is 19.3 Å². The van der Waals surface area contributed by atoms with Gasteiger partial charge in [0.05, 0.1) is 0 Å². The number of carbonyl (C=O) groups excluding carboxylic acids is 1. The van der Waals surface area contributed by atoms with Crippen molar-refractivity contribution < 1.29 is 4.79 Å². The second-order valence-corrected chi connectivity index (χ2v) is 7.37. The van der Waals surface area contributed by atoms with E-state index < -0.39 is 0 Å². The van der Waals surface area contributed by atoms with Crippen molar-refractivity contribution in [3.8, 4) is 0 Å². The SMILES string of the molecule is CCC(=O)N1CCN(CC=CC2=C(C)CCCC2(C)C)CC1. The molecule has 1 amide bonds. The van der Waals surface area contributed by atoms with Crippen molar-refractivity contribution in [2.45, 2.75) is 53.4 Å². The third-order valence-electron chi connectivity index (χ3n) is 5.22. The maximum atomic E-state index is 11.7. The van der Waals surface area contributed by atoms with Crippen LogP contribution in [0.15, 0.2) is 23.3 Å². The van der Waals surface area contributed by atoms with Gasteiger partial charge in [-0.2, -0.15) is 0 Å². The van der Waals surface area contributed by atoms with Gasteiger partial charge in [-0.05, 0) is 37.2 Å². The molecule has 0 aromatic heterocycles. The molecule has 1 heterocycles. The number of amides is 1. The monoisotopic (exact) mass is 304 g/mol. The zero-order valence-electron chi connectivity index (χ0n) is 14.8. The second kappa shape index (κ2) is 7.45. The van der Waals surface area contributed by atoms with Crippen LogP contribution in [0, 0.1) is 5.41 Å². The van der Waals surface area contributed by atoms with E-state index in [0.717, 1.165) is 32.7 Å². The Balaban J connectivity index is 1.85. The van der Waals surface area contributed by atoms with Crippen molar-refractivity contribution in [1.82, 2.24) is 9.80 Å². The van der Waals surface area contributed by atoms with Crippen LogP contribution in [0.5, 0.6) is 0 Å². The minimum Gasteiger partial charge on any atom is -0.340 e. The Hall–Kier alpha value is -1.09. The summed E-state index contributed by atoms with van der Waals surface area (Å²) in [6, 6.07) is 0. The maximum absolute atomic E-state index is 11.7. The number of nitrogens with zero attached hydrogens (tertiary/aromatic N) is 2. The molecule has 0 aromatic rings. The molecule has 0 bridgehead atoms. The Morgan fingerprint density at radius 1 is 1.23 bits per heavy atom. The molecule has 22 heavy (non-hydrogen) atoms. The first-order valence-corrected chi connectivity index (χ1v) is 8.81. The lowest BCUT2D eigenvalue weighted by Gasteiger charge is -2.35. The number of piperazine rings is 1. The van der Waals surface area contributed by atoms with Crippen LogP contribution in [0.3, 0.4) is 0 Å². The molecule has 0 spiro atoms. The molecule has 124 valence electrons. The van der Waals surface area contributed by atoms with E-state index in [-0.39, 0.29) is 0 Å². The highest BCUT2D eigenvalue weighted by atomic mass is 16.2. The van der Waals surface area contributed by atoms with Gasteiger partial charge in [0, 0.05) is 39.1 Å². The number of carbonyl (C=O) groups is 1. The van der Waals surface area contributed by atoms with Gasteiger partial charge in [0.15, 0.2) is 0 Å². The molecule has 2 aliphatic rings. The third-order valence-corrected chi connectivity index (χ3v) is 5.22. The van der Waals surface area contributed by atoms with Gasteiger partial charge in [-0.3, -0.25) is 9.69 Å². The van der Waals surface area contributed by atoms with Gasteiger partial charge in [0.25, 0.3) is 0 Å². The van der Waals surface area contributed by atoms with Gasteiger partial charge >= 0.3 is 0 Å². The zero-order valence-corrected chi connectivity index (χ0v) is 14.8. The predicted molar refractivity (Wildman–Crippen MR) is 92.8 cm³/mol. The molecule has 0 unspecified atom stereocenters. The summed E-state index contributed by atoms with van der Waals surface area (Å²) in [5.41, 5.74) is 3.43. The Morgan fingerprint density at radius 3 is 2.50 bits per heavy atom. The van der Waals surface area contributed by atoms with Gasteiger partial charge in [-0.25, -0.2) is 0 Å². The van der Waals surface area contributed by atoms with E-state index in [1.54, 1.807) is 11.1 Å². The fraction of sp³-hybridized carbons (Fsp3) is 0.737. The van der Waals surface area contributed by atoms with Gasteiger partial charge in [0.1, 0.15) is 0 Å². The lowest BCUT2D eigenvalue weighted by molar-refractivity contribution is -0.132. The van der Waals surface area contributed by atoms with E-state index in [9.17, 15) is 4.79 Å². The molecule has 3 nitrogen and oxygen atoms in total. The molecular weight excluding hydrogens is 272 g/mol. The van der Waals surface area contributed by atoms with E-state index in [1.807, 2.05) is 11.8 Å². The van der Waals surface area contributed by atoms with E-state index in [2.05, 4.69) is 37.8 Å². The van der Waals surface area contributed by atoms with Crippen LogP contribution in [0.2, 0.25) is 0 Å². The molecule has 1 aliphatic heterocycles. The third kappa shape index (κ3) is 4.22. The topological polar surface area (TPSA) is 23.6 Å². The van der Waals surface area contributed by atoms with Crippen molar-refractivity contribution >= 4 is 5.91 Å². The second-order valence-electron chi connectivity index (χ2n) is 7.37. The molecule has 1 saturated heterocycles. The minimum atomic E-state index is 0.292. The van der Waals surface area contributed by atoms with E-state index >= 15 is 0 Å². The fourth-order valence-corrected chi connectivity index (χ4v) is 3.73. The quantitative estimate of drug-likeness (QED) is 0.792. The number of allylic oxidation sites excluding steroid dienone is 3. The van der Waals surface area contributed by atoms with Crippen molar-refractivity contribution in [3.63, 3.8) is 0 Å². The minimum absolute atomic E-state index is 0.292. The highest BCUT2D eigenvalue weighted by Gasteiger charge is 2.26. The van der Waals surface area contributed by atoms with Crippen molar-refractivity contribution in [2.75, 3.05) is 32.7 Å². The van der Waals surface area contributed by atoms with Crippen LogP contribution in [-0.4, -0.2) is 48.4 Å². The average Bonchev–Trinajstić information content (AvgIpc) is 2.49. The zero-order chi connectivity index (χ0) is 16.2. The summed E-state index contributed by atoms with van der Waals surface area (Å²) in [4.78, 5) is 16.1. The van der Waals surface area contributed by atoms with E-state index in [4.69, 9.17) is 0 Å². The highest BCUT2D eigenvalue weighted by Crippen LogP contribution is 2.40. The standard InChI is InChI=1S/C19H32N2O/c1-5-18(22)21-14-12-20(13-15-21)11-7-9-17-16(2)8-6-10-19(17,3)4/h7,9H,5-6,8,10-15H2,1-4H3. The van der Waals surface area contributed by atoms with Gasteiger partial charge in [-0.1, -0.05) is 38.5 Å². The Kier molecular flexibility index (Phi) is 5.85. The van der Waals surface area contributed by atoms with Crippen LogP contribution in [0.25, 0.3) is 0 Å². The Morgan fingerprint density at radius 2 is 1.91 bits per heavy atom. The molecule has 2 rings (SSSR count). The first-order chi connectivity index (χ1) is 10.4. The number of hydrogen-bond acceptors (Lipinski definition) is 2. The molecule has 0 radical (unpaired) electrons. The Bertz CT molecular complexity index is 454. The summed E-state index contributed by atoms with van der Waals surface area (Å²) in [5.74, 6) is 0.292. The van der Waals surface area contributed by atoms with Gasteiger partial charge in [-0.15, -0.1) is 0 Å². The van der Waals surface area contributed by atoms with Crippen molar-refractivity contribution in [3.05, 3.63) is 23.3 Å². The molecule has 0 N–H and O–H groups in total. The highest BCUT2D eigenvalue weighted by molar-refractivity contribution is 5.75. The number of hydrogen-bond donors (Lipinski definition) is 0. The molecule has 0 saturated carbocycles. The molecule has 0 atom stereocenters. The lowest BCUT2D eigenvalue weighted by Crippen LogP contribution is -2.48. The van der Waals surface area contributed by atoms with Crippen molar-refractivity contribution in [2.24, 2.45) is 5.41 Å². The van der Waals surface area contributed by atoms with Gasteiger partial charge < -0.3 is 4.90 Å². The first kappa shape index (κ1) is 17.3. The summed E-state index contributed by atoms with van der Waals surface area (Å²) < 4.78 is 0. The smallest absolute Gasteiger partial charge is 0.222 e. The van der Waals surface area contributed by atoms with Crippen molar-refractivity contribution in [1.29, 1.82) is 0 Å². The van der Waals surface area contributed by atoms with Crippen LogP contribution in [0.4, 0.5) is 0 Å². The first-order valence-electron chi connectivity index (χ1n) is 8.81. The lowest BCUT2D eigenvalue weighted by atomic mass is 9.73. The predicted octanol–water partition coefficient (Wildman–Crippen LogP) is 3.62. The molecule has 3 heteroatoms. The maximum Gasteiger partial charge on any atom is 0.222 e. The molecule has 0 aromatic carbocycles. The normalized spacial score (nSPS) is 23.4. The summed E-state index contributed by atoms with van der Waals surface area (Å²) in [5, 5.41) is 0.